The smallest absolute Gasteiger partial charge is 0.357 e. The number of halogens is 1. The molecule has 9 heteroatoms. The summed E-state index contributed by atoms with van der Waals surface area (Å²) < 4.78 is 28.3. The summed E-state index contributed by atoms with van der Waals surface area (Å²) in [5, 5.41) is 3.73. The summed E-state index contributed by atoms with van der Waals surface area (Å²) in [6.45, 7) is 5.73. The lowest BCUT2D eigenvalue weighted by atomic mass is 10.2. The van der Waals surface area contributed by atoms with Crippen molar-refractivity contribution in [1.82, 2.24) is 9.36 Å². The van der Waals surface area contributed by atoms with Crippen LogP contribution in [0.4, 0.5) is 5.69 Å². The average Bonchev–Trinajstić information content (AvgIpc) is 2.96. The SMILES string of the molecule is CCOP(=O)(OCC)[C@@H](Nc1c(C)n(C)n(-c2ccccc2)c1=O)c1ccc(Cl)cc1. The van der Waals surface area contributed by atoms with Crippen LogP contribution >= 0.6 is 19.2 Å². The van der Waals surface area contributed by atoms with Gasteiger partial charge in [-0.2, -0.15) is 0 Å². The van der Waals surface area contributed by atoms with Crippen LogP contribution < -0.4 is 10.9 Å². The van der Waals surface area contributed by atoms with Crippen LogP contribution in [0.1, 0.15) is 30.9 Å². The first kappa shape index (κ1) is 23.4. The Balaban J connectivity index is 2.13. The van der Waals surface area contributed by atoms with Crippen molar-refractivity contribution in [2.45, 2.75) is 26.6 Å². The molecule has 0 radical (unpaired) electrons. The summed E-state index contributed by atoms with van der Waals surface area (Å²) >= 11 is 6.05. The number of aromatic nitrogens is 2. The molecule has 1 heterocycles. The maximum atomic E-state index is 13.7. The van der Waals surface area contributed by atoms with Crippen LogP contribution in [0, 0.1) is 6.92 Å². The molecule has 31 heavy (non-hydrogen) atoms. The normalized spacial score (nSPS) is 12.7. The highest BCUT2D eigenvalue weighted by atomic mass is 35.5. The van der Waals surface area contributed by atoms with Crippen molar-refractivity contribution in [1.29, 1.82) is 0 Å². The Bertz CT molecular complexity index is 1120. The number of para-hydroxylation sites is 1. The van der Waals surface area contributed by atoms with Gasteiger partial charge in [0.25, 0.3) is 5.56 Å². The third kappa shape index (κ3) is 4.80. The molecule has 166 valence electrons. The molecular weight excluding hydrogens is 437 g/mol. The molecule has 2 aromatic carbocycles. The van der Waals surface area contributed by atoms with Crippen molar-refractivity contribution in [3.05, 3.63) is 81.2 Å². The van der Waals surface area contributed by atoms with E-state index in [1.54, 1.807) is 54.5 Å². The van der Waals surface area contributed by atoms with E-state index in [1.165, 1.54) is 0 Å². The standard InChI is InChI=1S/C22H27ClN3O4P/c1-5-29-31(28,30-6-2)21(17-12-14-18(23)15-13-17)24-20-16(3)25(4)26(22(20)27)19-10-8-7-9-11-19/h7-15,21,24H,5-6H2,1-4H3/t21-/m1/s1. The second-order valence-electron chi connectivity index (χ2n) is 6.91. The Morgan fingerprint density at radius 1 is 1.03 bits per heavy atom. The first-order chi connectivity index (χ1) is 14.8. The fraction of sp³-hybridized carbons (Fsp3) is 0.318. The molecule has 0 aliphatic carbocycles. The molecule has 0 fully saturated rings. The molecule has 1 N–H and O–H groups in total. The van der Waals surface area contributed by atoms with E-state index in [0.717, 1.165) is 5.69 Å². The van der Waals surface area contributed by atoms with Gasteiger partial charge < -0.3 is 14.4 Å². The molecule has 0 saturated carbocycles. The zero-order valence-electron chi connectivity index (χ0n) is 18.0. The van der Waals surface area contributed by atoms with E-state index in [0.29, 0.717) is 22.0 Å². The van der Waals surface area contributed by atoms with Gasteiger partial charge in [0.15, 0.2) is 5.78 Å². The van der Waals surface area contributed by atoms with Gasteiger partial charge in [0.1, 0.15) is 5.69 Å². The van der Waals surface area contributed by atoms with Crippen LogP contribution in [-0.4, -0.2) is 22.6 Å². The van der Waals surface area contributed by atoms with E-state index in [2.05, 4.69) is 5.32 Å². The van der Waals surface area contributed by atoms with E-state index >= 15 is 0 Å². The minimum atomic E-state index is -3.66. The first-order valence-electron chi connectivity index (χ1n) is 10.1. The monoisotopic (exact) mass is 463 g/mol. The predicted molar refractivity (Wildman–Crippen MR) is 124 cm³/mol. The van der Waals surface area contributed by atoms with Crippen LogP contribution in [0.5, 0.6) is 0 Å². The van der Waals surface area contributed by atoms with E-state index in [4.69, 9.17) is 20.6 Å². The van der Waals surface area contributed by atoms with Crippen molar-refractivity contribution in [3.63, 3.8) is 0 Å². The average molecular weight is 464 g/mol. The van der Waals surface area contributed by atoms with Crippen molar-refractivity contribution < 1.29 is 13.6 Å². The maximum absolute atomic E-state index is 13.7. The van der Waals surface area contributed by atoms with Gasteiger partial charge in [0, 0.05) is 12.1 Å². The summed E-state index contributed by atoms with van der Waals surface area (Å²) in [4.78, 5) is 13.4. The van der Waals surface area contributed by atoms with Gasteiger partial charge in [-0.3, -0.25) is 14.0 Å². The quantitative estimate of drug-likeness (QED) is 0.423. The van der Waals surface area contributed by atoms with E-state index in [1.807, 2.05) is 37.3 Å². The fourth-order valence-electron chi connectivity index (χ4n) is 3.41. The molecule has 3 aromatic rings. The van der Waals surface area contributed by atoms with Crippen molar-refractivity contribution in [3.8, 4) is 5.69 Å². The molecule has 1 atom stereocenters. The summed E-state index contributed by atoms with van der Waals surface area (Å²) in [7, 11) is -1.86. The van der Waals surface area contributed by atoms with E-state index in [9.17, 15) is 9.36 Å². The molecule has 0 amide bonds. The molecular formula is C22H27ClN3O4P. The molecule has 3 rings (SSSR count). The van der Waals surface area contributed by atoms with Gasteiger partial charge in [-0.05, 0) is 50.6 Å². The molecule has 0 aliphatic heterocycles. The second kappa shape index (κ2) is 9.88. The summed E-state index contributed by atoms with van der Waals surface area (Å²) in [6, 6.07) is 16.2. The minimum Gasteiger partial charge on any atom is -0.362 e. The van der Waals surface area contributed by atoms with Gasteiger partial charge in [0.2, 0.25) is 0 Å². The number of rotatable bonds is 9. The highest BCUT2D eigenvalue weighted by Gasteiger charge is 2.38. The van der Waals surface area contributed by atoms with E-state index < -0.39 is 13.4 Å². The van der Waals surface area contributed by atoms with Gasteiger partial charge in [-0.1, -0.05) is 41.9 Å². The van der Waals surface area contributed by atoms with Crippen LogP contribution in [0.15, 0.2) is 59.4 Å². The lowest BCUT2D eigenvalue weighted by Gasteiger charge is -2.27. The van der Waals surface area contributed by atoms with Crippen molar-refractivity contribution in [2.75, 3.05) is 18.5 Å². The van der Waals surface area contributed by atoms with Crippen LogP contribution in [0.25, 0.3) is 5.69 Å². The van der Waals surface area contributed by atoms with Gasteiger partial charge >= 0.3 is 7.60 Å². The minimum absolute atomic E-state index is 0.199. The molecule has 1 aromatic heterocycles. The Kier molecular flexibility index (Phi) is 7.44. The maximum Gasteiger partial charge on any atom is 0.357 e. The van der Waals surface area contributed by atoms with Gasteiger partial charge in [-0.15, -0.1) is 0 Å². The topological polar surface area (TPSA) is 74.5 Å². The van der Waals surface area contributed by atoms with E-state index in [-0.39, 0.29) is 18.8 Å². The third-order valence-electron chi connectivity index (χ3n) is 4.96. The predicted octanol–water partition coefficient (Wildman–Crippen LogP) is 5.51. The number of benzene rings is 2. The zero-order valence-corrected chi connectivity index (χ0v) is 19.7. The zero-order chi connectivity index (χ0) is 22.6. The lowest BCUT2D eigenvalue weighted by Crippen LogP contribution is -2.23. The van der Waals surface area contributed by atoms with Gasteiger partial charge in [-0.25, -0.2) is 4.68 Å². The van der Waals surface area contributed by atoms with Crippen LogP contribution in [0.3, 0.4) is 0 Å². The fourth-order valence-corrected chi connectivity index (χ4v) is 5.45. The summed E-state index contributed by atoms with van der Waals surface area (Å²) in [5.74, 6) is -0.886. The Labute approximate surface area is 187 Å². The number of hydrogen-bond donors (Lipinski definition) is 1. The molecule has 0 unspecified atom stereocenters. The summed E-state index contributed by atoms with van der Waals surface area (Å²) in [5.41, 5.74) is 2.12. The molecule has 7 nitrogen and oxygen atoms in total. The molecule has 0 aliphatic rings. The lowest BCUT2D eigenvalue weighted by molar-refractivity contribution is 0.214. The molecule has 0 saturated heterocycles. The van der Waals surface area contributed by atoms with Crippen LogP contribution in [-0.2, 0) is 20.7 Å². The highest BCUT2D eigenvalue weighted by molar-refractivity contribution is 7.54. The number of hydrogen-bond acceptors (Lipinski definition) is 5. The highest BCUT2D eigenvalue weighted by Crippen LogP contribution is 2.60. The van der Waals surface area contributed by atoms with Crippen LogP contribution in [0.2, 0.25) is 5.02 Å². The van der Waals surface area contributed by atoms with Crippen molar-refractivity contribution >= 4 is 24.9 Å². The Morgan fingerprint density at radius 3 is 2.16 bits per heavy atom. The molecule has 0 spiro atoms. The van der Waals surface area contributed by atoms with Crippen molar-refractivity contribution in [2.24, 2.45) is 7.05 Å². The summed E-state index contributed by atoms with van der Waals surface area (Å²) in [6.07, 6.45) is 0. The third-order valence-corrected chi connectivity index (χ3v) is 7.50. The Hall–Kier alpha value is -2.31. The van der Waals surface area contributed by atoms with Gasteiger partial charge in [0.05, 0.1) is 24.6 Å². The largest absolute Gasteiger partial charge is 0.362 e. The number of nitrogens with zero attached hydrogens (tertiary/aromatic N) is 2. The number of nitrogens with one attached hydrogen (secondary N) is 1. The molecule has 0 bridgehead atoms. The second-order valence-corrected chi connectivity index (χ2v) is 9.46. The number of anilines is 1. The Morgan fingerprint density at radius 2 is 1.61 bits per heavy atom. The first-order valence-corrected chi connectivity index (χ1v) is 12.1.